The topological polar surface area (TPSA) is 50.3 Å². The van der Waals surface area contributed by atoms with Crippen LogP contribution in [0.15, 0.2) is 35.2 Å². The summed E-state index contributed by atoms with van der Waals surface area (Å²) in [7, 11) is 2.61. The minimum absolute atomic E-state index is 0.327. The summed E-state index contributed by atoms with van der Waals surface area (Å²) in [5.74, 6) is 0.805. The zero-order valence-electron chi connectivity index (χ0n) is 13.8. The number of aromatic nitrogens is 2. The maximum atomic E-state index is 9.81. The molecule has 3 aromatic rings. The van der Waals surface area contributed by atoms with Gasteiger partial charge in [-0.3, -0.25) is 4.40 Å². The summed E-state index contributed by atoms with van der Waals surface area (Å²) in [6, 6.07) is 7.97. The van der Waals surface area contributed by atoms with Gasteiger partial charge in [-0.2, -0.15) is 5.26 Å². The fraction of sp³-hybridized carbons (Fsp3) is 0.222. The molecule has 0 aliphatic rings. The van der Waals surface area contributed by atoms with Crippen molar-refractivity contribution in [1.29, 1.82) is 5.26 Å². The van der Waals surface area contributed by atoms with Crippen LogP contribution in [0.25, 0.3) is 16.8 Å². The molecule has 1 unspecified atom stereocenters. The van der Waals surface area contributed by atoms with Gasteiger partial charge in [-0.05, 0) is 33.2 Å². The molecule has 1 aromatic carbocycles. The highest BCUT2D eigenvalue weighted by atomic mass is 79.9. The van der Waals surface area contributed by atoms with Crippen LogP contribution >= 0.6 is 36.8 Å². The van der Waals surface area contributed by atoms with E-state index in [0.29, 0.717) is 40.1 Å². The molecule has 2 aromatic heterocycles. The number of hydrogen-bond donors (Lipinski definition) is 0. The molecular weight excluding hydrogens is 421 g/mol. The van der Waals surface area contributed by atoms with Gasteiger partial charge >= 0.3 is 0 Å². The van der Waals surface area contributed by atoms with Crippen LogP contribution in [-0.4, -0.2) is 16.0 Å². The van der Waals surface area contributed by atoms with Crippen LogP contribution in [0.1, 0.15) is 19.4 Å². The van der Waals surface area contributed by atoms with Crippen LogP contribution in [0.2, 0.25) is 5.02 Å². The number of nitrogens with zero attached hydrogens (tertiary/aromatic N) is 3. The van der Waals surface area contributed by atoms with Gasteiger partial charge in [0, 0.05) is 22.3 Å². The first-order chi connectivity index (χ1) is 11.9. The Morgan fingerprint density at radius 1 is 1.40 bits per heavy atom. The number of ether oxygens (including phenoxy) is 1. The van der Waals surface area contributed by atoms with Crippen molar-refractivity contribution in [1.82, 2.24) is 9.38 Å². The SMILES string of the molecule is CC(C)COc1c(C#N)c(-c2ccc(P)cc2Cl)cn2c(Br)cnc12. The van der Waals surface area contributed by atoms with E-state index in [1.54, 1.807) is 6.20 Å². The Hall–Kier alpha value is -1.60. The van der Waals surface area contributed by atoms with Crippen LogP contribution in [0, 0.1) is 17.2 Å². The molecule has 0 amide bonds. The summed E-state index contributed by atoms with van der Waals surface area (Å²) in [6.45, 7) is 4.61. The quantitative estimate of drug-likeness (QED) is 0.551. The summed E-state index contributed by atoms with van der Waals surface area (Å²) in [5, 5.41) is 11.4. The van der Waals surface area contributed by atoms with Gasteiger partial charge in [0.1, 0.15) is 16.2 Å². The summed E-state index contributed by atoms with van der Waals surface area (Å²) < 4.78 is 8.60. The normalized spacial score (nSPS) is 11.1. The number of rotatable bonds is 4. The number of nitriles is 1. The Morgan fingerprint density at radius 3 is 2.80 bits per heavy atom. The van der Waals surface area contributed by atoms with Gasteiger partial charge in [0.25, 0.3) is 0 Å². The predicted octanol–water partition coefficient (Wildman–Crippen LogP) is 4.82. The highest BCUT2D eigenvalue weighted by molar-refractivity contribution is 9.10. The second-order valence-electron chi connectivity index (χ2n) is 6.08. The average molecular weight is 437 g/mol. The molecule has 128 valence electrons. The fourth-order valence-electron chi connectivity index (χ4n) is 2.51. The van der Waals surface area contributed by atoms with Gasteiger partial charge in [-0.15, -0.1) is 9.24 Å². The number of pyridine rings is 1. The van der Waals surface area contributed by atoms with Gasteiger partial charge in [0.2, 0.25) is 0 Å². The number of fused-ring (bicyclic) bond motifs is 1. The van der Waals surface area contributed by atoms with Gasteiger partial charge in [-0.1, -0.05) is 37.6 Å². The van der Waals surface area contributed by atoms with Crippen molar-refractivity contribution in [2.45, 2.75) is 13.8 Å². The summed E-state index contributed by atoms with van der Waals surface area (Å²) in [5.41, 5.74) is 2.53. The van der Waals surface area contributed by atoms with E-state index in [-0.39, 0.29) is 0 Å². The van der Waals surface area contributed by atoms with Crippen molar-refractivity contribution in [3.63, 3.8) is 0 Å². The fourth-order valence-corrected chi connectivity index (χ4v) is 3.54. The Labute approximate surface area is 162 Å². The van der Waals surface area contributed by atoms with E-state index >= 15 is 0 Å². The van der Waals surface area contributed by atoms with Crippen molar-refractivity contribution < 1.29 is 4.74 Å². The summed E-state index contributed by atoms with van der Waals surface area (Å²) in [4.78, 5) is 4.38. The molecule has 0 radical (unpaired) electrons. The van der Waals surface area contributed by atoms with E-state index in [0.717, 1.165) is 15.5 Å². The summed E-state index contributed by atoms with van der Waals surface area (Å²) in [6.07, 6.45) is 3.55. The Morgan fingerprint density at radius 2 is 2.16 bits per heavy atom. The molecular formula is C18H16BrClN3OP. The standard InChI is InChI=1S/C18H16BrClN3OP/c1-10(2)9-24-17-13(6-21)14(8-23-16(19)7-22-18(17)23)12-4-3-11(25)5-15(12)20/h3-5,7-8,10H,9,25H2,1-2H3. The Bertz CT molecular complexity index is 994. The molecule has 3 rings (SSSR count). The molecule has 0 aliphatic heterocycles. The van der Waals surface area contributed by atoms with Crippen LogP contribution < -0.4 is 10.0 Å². The number of hydrogen-bond acceptors (Lipinski definition) is 3. The minimum Gasteiger partial charge on any atom is -0.488 e. The van der Waals surface area contributed by atoms with Crippen molar-refractivity contribution in [3.05, 3.63) is 45.8 Å². The highest BCUT2D eigenvalue weighted by Gasteiger charge is 2.20. The maximum Gasteiger partial charge on any atom is 0.182 e. The largest absolute Gasteiger partial charge is 0.488 e. The maximum absolute atomic E-state index is 9.81. The molecule has 2 heterocycles. The van der Waals surface area contributed by atoms with Crippen LogP contribution in [0.3, 0.4) is 0 Å². The number of benzene rings is 1. The van der Waals surface area contributed by atoms with Crippen molar-refractivity contribution in [3.8, 4) is 22.9 Å². The van der Waals surface area contributed by atoms with E-state index in [1.807, 2.05) is 28.8 Å². The molecule has 4 nitrogen and oxygen atoms in total. The van der Waals surface area contributed by atoms with Gasteiger partial charge in [-0.25, -0.2) is 4.98 Å². The van der Waals surface area contributed by atoms with E-state index < -0.39 is 0 Å². The lowest BCUT2D eigenvalue weighted by atomic mass is 10.0. The first-order valence-corrected chi connectivity index (χ1v) is 9.45. The highest BCUT2D eigenvalue weighted by Crippen LogP contribution is 2.37. The van der Waals surface area contributed by atoms with Crippen molar-refractivity contribution >= 4 is 47.7 Å². The minimum atomic E-state index is 0.327. The smallest absolute Gasteiger partial charge is 0.182 e. The molecule has 0 spiro atoms. The average Bonchev–Trinajstić information content (AvgIpc) is 2.93. The van der Waals surface area contributed by atoms with E-state index in [9.17, 15) is 5.26 Å². The second kappa shape index (κ2) is 7.33. The molecule has 7 heteroatoms. The summed E-state index contributed by atoms with van der Waals surface area (Å²) >= 11 is 9.93. The van der Waals surface area contributed by atoms with Gasteiger partial charge in [0.15, 0.2) is 11.4 Å². The lowest BCUT2D eigenvalue weighted by molar-refractivity contribution is 0.272. The lowest BCUT2D eigenvalue weighted by Gasteiger charge is -2.15. The molecule has 0 saturated carbocycles. The molecule has 0 fully saturated rings. The van der Waals surface area contributed by atoms with Crippen LogP contribution in [0.5, 0.6) is 5.75 Å². The lowest BCUT2D eigenvalue weighted by Crippen LogP contribution is -2.08. The molecule has 0 bridgehead atoms. The zero-order valence-corrected chi connectivity index (χ0v) is 17.3. The second-order valence-corrected chi connectivity index (χ2v) is 7.96. The van der Waals surface area contributed by atoms with Gasteiger partial charge < -0.3 is 4.74 Å². The molecule has 1 atom stereocenters. The first-order valence-electron chi connectivity index (χ1n) is 7.70. The zero-order chi connectivity index (χ0) is 18.1. The van der Waals surface area contributed by atoms with Crippen LogP contribution in [0.4, 0.5) is 0 Å². The molecule has 0 saturated heterocycles. The van der Waals surface area contributed by atoms with Crippen molar-refractivity contribution in [2.24, 2.45) is 5.92 Å². The third-order valence-electron chi connectivity index (χ3n) is 3.67. The Kier molecular flexibility index (Phi) is 5.34. The Balaban J connectivity index is 2.31. The molecule has 0 N–H and O–H groups in total. The van der Waals surface area contributed by atoms with Gasteiger partial charge in [0.05, 0.1) is 12.8 Å². The number of halogens is 2. The first kappa shape index (κ1) is 18.2. The monoisotopic (exact) mass is 435 g/mol. The van der Waals surface area contributed by atoms with Crippen molar-refractivity contribution in [2.75, 3.05) is 6.61 Å². The molecule has 25 heavy (non-hydrogen) atoms. The van der Waals surface area contributed by atoms with Crippen LogP contribution in [-0.2, 0) is 0 Å². The third kappa shape index (κ3) is 3.53. The third-order valence-corrected chi connectivity index (χ3v) is 4.92. The number of imidazole rings is 1. The molecule has 0 aliphatic carbocycles. The van der Waals surface area contributed by atoms with E-state index in [1.165, 1.54) is 0 Å². The van der Waals surface area contributed by atoms with E-state index in [4.69, 9.17) is 16.3 Å². The predicted molar refractivity (Wildman–Crippen MR) is 108 cm³/mol. The van der Waals surface area contributed by atoms with E-state index in [2.05, 4.69) is 50.1 Å².